The van der Waals surface area contributed by atoms with Crippen LogP contribution in [0.1, 0.15) is 38.3 Å². The van der Waals surface area contributed by atoms with Crippen molar-refractivity contribution in [1.82, 2.24) is 5.32 Å². The zero-order valence-electron chi connectivity index (χ0n) is 17.8. The first kappa shape index (κ1) is 23.6. The predicted molar refractivity (Wildman–Crippen MR) is 115 cm³/mol. The number of sulfone groups is 1. The Balaban J connectivity index is 2.17. The highest BCUT2D eigenvalue weighted by atomic mass is 32.2. The molecular weight excluding hydrogens is 402 g/mol. The summed E-state index contributed by atoms with van der Waals surface area (Å²) in [5.74, 6) is -0.825. The Kier molecular flexibility index (Phi) is 7.78. The molecule has 1 amide bonds. The molecular formula is C23H29NO5S. The van der Waals surface area contributed by atoms with Gasteiger partial charge in [0.05, 0.1) is 4.90 Å². The molecule has 0 aliphatic heterocycles. The minimum atomic E-state index is -3.38. The molecule has 162 valence electrons. The van der Waals surface area contributed by atoms with Crippen molar-refractivity contribution in [1.29, 1.82) is 0 Å². The minimum Gasteiger partial charge on any atom is -0.459 e. The van der Waals surface area contributed by atoms with Gasteiger partial charge in [0, 0.05) is 19.1 Å². The highest BCUT2D eigenvalue weighted by Gasteiger charge is 2.25. The summed E-state index contributed by atoms with van der Waals surface area (Å²) in [6.07, 6.45) is 1.51. The van der Waals surface area contributed by atoms with Gasteiger partial charge in [-0.15, -0.1) is 0 Å². The molecule has 1 N–H and O–H groups in total. The average molecular weight is 432 g/mol. The lowest BCUT2D eigenvalue weighted by Crippen LogP contribution is -2.44. The van der Waals surface area contributed by atoms with E-state index >= 15 is 0 Å². The molecule has 2 rings (SSSR count). The fourth-order valence-electron chi connectivity index (χ4n) is 2.89. The monoisotopic (exact) mass is 431 g/mol. The third kappa shape index (κ3) is 7.99. The molecule has 0 saturated carbocycles. The van der Waals surface area contributed by atoms with Gasteiger partial charge in [0.1, 0.15) is 12.6 Å². The summed E-state index contributed by atoms with van der Waals surface area (Å²) in [7, 11) is -3.38. The van der Waals surface area contributed by atoms with Gasteiger partial charge in [0.15, 0.2) is 9.84 Å². The quantitative estimate of drug-likeness (QED) is 0.648. The second-order valence-corrected chi connectivity index (χ2v) is 10.6. The van der Waals surface area contributed by atoms with E-state index in [9.17, 15) is 18.0 Å². The molecule has 0 bridgehead atoms. The second-order valence-electron chi connectivity index (χ2n) is 8.57. The Morgan fingerprint density at radius 1 is 1.00 bits per heavy atom. The maximum absolute atomic E-state index is 12.7. The van der Waals surface area contributed by atoms with Crippen molar-refractivity contribution in [3.8, 4) is 0 Å². The van der Waals surface area contributed by atoms with Crippen molar-refractivity contribution in [2.75, 3.05) is 6.26 Å². The predicted octanol–water partition coefficient (Wildman–Crippen LogP) is 3.30. The van der Waals surface area contributed by atoms with E-state index in [1.807, 2.05) is 51.1 Å². The van der Waals surface area contributed by atoms with Crippen LogP contribution in [0.3, 0.4) is 0 Å². The number of hydrogen-bond acceptors (Lipinski definition) is 5. The molecule has 0 aliphatic carbocycles. The van der Waals surface area contributed by atoms with Crippen LogP contribution in [-0.2, 0) is 37.2 Å². The molecule has 0 unspecified atom stereocenters. The Morgan fingerprint density at radius 2 is 1.63 bits per heavy atom. The van der Waals surface area contributed by atoms with E-state index in [0.29, 0.717) is 5.56 Å². The molecule has 2 aromatic carbocycles. The van der Waals surface area contributed by atoms with Crippen molar-refractivity contribution >= 4 is 21.7 Å². The lowest BCUT2D eigenvalue weighted by Gasteiger charge is -2.22. The van der Waals surface area contributed by atoms with Gasteiger partial charge in [0.2, 0.25) is 5.91 Å². The molecule has 0 saturated heterocycles. The van der Waals surface area contributed by atoms with Gasteiger partial charge >= 0.3 is 5.97 Å². The molecule has 2 aromatic rings. The number of carbonyl (C=O) groups is 2. The largest absolute Gasteiger partial charge is 0.459 e. The van der Waals surface area contributed by atoms with Gasteiger partial charge < -0.3 is 10.1 Å². The van der Waals surface area contributed by atoms with Crippen LogP contribution in [0, 0.1) is 5.41 Å². The van der Waals surface area contributed by atoms with Gasteiger partial charge in [-0.25, -0.2) is 13.2 Å². The molecule has 6 nitrogen and oxygen atoms in total. The van der Waals surface area contributed by atoms with Gasteiger partial charge in [-0.1, -0.05) is 63.2 Å². The van der Waals surface area contributed by atoms with Crippen LogP contribution in [-0.4, -0.2) is 32.6 Å². The van der Waals surface area contributed by atoms with Crippen LogP contribution in [0.4, 0.5) is 0 Å². The number of amides is 1. The van der Waals surface area contributed by atoms with Crippen LogP contribution in [0.25, 0.3) is 0 Å². The fourth-order valence-corrected chi connectivity index (χ4v) is 3.58. The summed E-state index contributed by atoms with van der Waals surface area (Å²) in [6, 6.07) is 14.7. The summed E-state index contributed by atoms with van der Waals surface area (Å²) < 4.78 is 29.1. The van der Waals surface area contributed by atoms with Gasteiger partial charge in [-0.2, -0.15) is 0 Å². The Morgan fingerprint density at radius 3 is 2.23 bits per heavy atom. The third-order valence-corrected chi connectivity index (χ3v) is 5.41. The smallest absolute Gasteiger partial charge is 0.329 e. The van der Waals surface area contributed by atoms with Crippen molar-refractivity contribution in [3.63, 3.8) is 0 Å². The molecule has 7 heteroatoms. The highest BCUT2D eigenvalue weighted by molar-refractivity contribution is 7.90. The average Bonchev–Trinajstić information content (AvgIpc) is 2.64. The number of rotatable bonds is 8. The zero-order valence-corrected chi connectivity index (χ0v) is 18.7. The standard InChI is InChI=1S/C23H29NO5S/c1-23(2,3)15-21(25)24-20(22(26)29-16-17-9-6-5-7-10-17)14-18-11-8-12-19(13-18)30(4,27)28/h5-13,20H,14-16H2,1-4H3,(H,24,25)/t20-/m0/s1. The molecule has 1 atom stereocenters. The van der Waals surface area contributed by atoms with E-state index < -0.39 is 21.8 Å². The van der Waals surface area contributed by atoms with Crippen LogP contribution in [0.2, 0.25) is 0 Å². The third-order valence-electron chi connectivity index (χ3n) is 4.30. The van der Waals surface area contributed by atoms with E-state index in [1.165, 1.54) is 12.1 Å². The first-order valence-corrected chi connectivity index (χ1v) is 11.6. The van der Waals surface area contributed by atoms with Crippen LogP contribution < -0.4 is 5.32 Å². The van der Waals surface area contributed by atoms with Crippen LogP contribution in [0.5, 0.6) is 0 Å². The molecule has 30 heavy (non-hydrogen) atoms. The first-order valence-electron chi connectivity index (χ1n) is 9.73. The van der Waals surface area contributed by atoms with Crippen LogP contribution >= 0.6 is 0 Å². The van der Waals surface area contributed by atoms with E-state index in [0.717, 1.165) is 11.8 Å². The second kappa shape index (κ2) is 9.89. The number of nitrogens with one attached hydrogen (secondary N) is 1. The number of benzene rings is 2. The normalized spacial score (nSPS) is 12.8. The Hall–Kier alpha value is -2.67. The molecule has 0 aromatic heterocycles. The maximum Gasteiger partial charge on any atom is 0.329 e. The SMILES string of the molecule is CC(C)(C)CC(=O)N[C@@H](Cc1cccc(S(C)(=O)=O)c1)C(=O)OCc1ccccc1. The lowest BCUT2D eigenvalue weighted by molar-refractivity contribution is -0.149. The van der Waals surface area contributed by atoms with Crippen molar-refractivity contribution in [2.24, 2.45) is 5.41 Å². The summed E-state index contributed by atoms with van der Waals surface area (Å²) in [5, 5.41) is 2.75. The molecule has 0 radical (unpaired) electrons. The fraction of sp³-hybridized carbons (Fsp3) is 0.391. The summed E-state index contributed by atoms with van der Waals surface area (Å²) in [4.78, 5) is 25.4. The van der Waals surface area contributed by atoms with E-state index in [-0.39, 0.29) is 35.7 Å². The Labute approximate surface area is 178 Å². The molecule has 0 heterocycles. The first-order chi connectivity index (χ1) is 13.9. The van der Waals surface area contributed by atoms with E-state index in [1.54, 1.807) is 12.1 Å². The van der Waals surface area contributed by atoms with Crippen molar-refractivity contribution < 1.29 is 22.7 Å². The molecule has 0 spiro atoms. The van der Waals surface area contributed by atoms with Crippen LogP contribution in [0.15, 0.2) is 59.5 Å². The summed E-state index contributed by atoms with van der Waals surface area (Å²) >= 11 is 0. The molecule has 0 fully saturated rings. The van der Waals surface area contributed by atoms with Crippen molar-refractivity contribution in [2.45, 2.75) is 51.2 Å². The lowest BCUT2D eigenvalue weighted by atomic mass is 9.91. The number of hydrogen-bond donors (Lipinski definition) is 1. The summed E-state index contributed by atoms with van der Waals surface area (Å²) in [6.45, 7) is 5.90. The molecule has 0 aliphatic rings. The number of ether oxygens (including phenoxy) is 1. The topological polar surface area (TPSA) is 89.5 Å². The number of esters is 1. The number of carbonyl (C=O) groups excluding carboxylic acids is 2. The van der Waals surface area contributed by atoms with E-state index in [4.69, 9.17) is 4.74 Å². The van der Waals surface area contributed by atoms with E-state index in [2.05, 4.69) is 5.32 Å². The van der Waals surface area contributed by atoms with Gasteiger partial charge in [-0.3, -0.25) is 4.79 Å². The van der Waals surface area contributed by atoms with Gasteiger partial charge in [0.25, 0.3) is 0 Å². The van der Waals surface area contributed by atoms with Crippen molar-refractivity contribution in [3.05, 3.63) is 65.7 Å². The maximum atomic E-state index is 12.7. The van der Waals surface area contributed by atoms with Gasteiger partial charge in [-0.05, 0) is 28.7 Å². The zero-order chi connectivity index (χ0) is 22.4. The highest BCUT2D eigenvalue weighted by Crippen LogP contribution is 2.19. The Bertz CT molecular complexity index is 978. The summed E-state index contributed by atoms with van der Waals surface area (Å²) in [5.41, 5.74) is 1.22. The minimum absolute atomic E-state index is 0.0920.